The zero-order chi connectivity index (χ0) is 47.6. The van der Waals surface area contributed by atoms with Crippen LogP contribution in [0.4, 0.5) is 0 Å². The van der Waals surface area contributed by atoms with Gasteiger partial charge in [0, 0.05) is 57.9 Å². The Morgan fingerprint density at radius 3 is 1.98 bits per heavy atom. The first-order chi connectivity index (χ1) is 29.8. The first-order valence-electron chi connectivity index (χ1n) is 21.0. The summed E-state index contributed by atoms with van der Waals surface area (Å²) in [6.07, 6.45) is 3.88. The Morgan fingerprint density at radius 2 is 1.38 bits per heavy atom. The van der Waals surface area contributed by atoms with Crippen molar-refractivity contribution in [1.29, 1.82) is 0 Å². The normalized spacial score (nSPS) is 12.4. The van der Waals surface area contributed by atoms with Gasteiger partial charge in [0.15, 0.2) is 11.6 Å². The SMILES string of the molecule is CC(=O)COCCOCCNC(=O)CCC(CC(=O)CCC(NC(=O)CCCS(=O)(=O)NC(=O)CCCc1nn[nH]n1)C(=O)O)C(=O)O.CCC(=O)CCCCCC(CC)C(=O)O. The fourth-order valence-electron chi connectivity index (χ4n) is 5.57. The molecule has 0 saturated heterocycles. The van der Waals surface area contributed by atoms with Crippen molar-refractivity contribution in [2.75, 3.05) is 38.7 Å². The van der Waals surface area contributed by atoms with Gasteiger partial charge >= 0.3 is 17.9 Å². The Hall–Kier alpha value is -5.23. The number of aromatic amines is 1. The summed E-state index contributed by atoms with van der Waals surface area (Å²) >= 11 is 0. The Labute approximate surface area is 367 Å². The molecule has 63 heavy (non-hydrogen) atoms. The number of carboxylic acids is 3. The van der Waals surface area contributed by atoms with E-state index in [1.54, 1.807) is 0 Å². The summed E-state index contributed by atoms with van der Waals surface area (Å²) in [5, 5.41) is 45.5. The van der Waals surface area contributed by atoms with E-state index in [9.17, 15) is 61.8 Å². The summed E-state index contributed by atoms with van der Waals surface area (Å²) in [4.78, 5) is 104. The Kier molecular flexibility index (Phi) is 31.4. The van der Waals surface area contributed by atoms with Gasteiger partial charge in [-0.1, -0.05) is 31.9 Å². The van der Waals surface area contributed by atoms with Crippen LogP contribution in [0.25, 0.3) is 0 Å². The topological polar surface area (TPSA) is 357 Å². The van der Waals surface area contributed by atoms with E-state index in [-0.39, 0.29) is 96.0 Å². The number of unbranched alkanes of at least 4 members (excludes halogenated alkanes) is 2. The van der Waals surface area contributed by atoms with E-state index in [1.807, 2.05) is 18.6 Å². The van der Waals surface area contributed by atoms with Crippen LogP contribution in [0.2, 0.25) is 0 Å². The lowest BCUT2D eigenvalue weighted by atomic mass is 9.94. The number of tetrazole rings is 1. The number of Topliss-reactive ketones (excluding diaryl/α,β-unsaturated/α-hetero) is 3. The second-order valence-corrected chi connectivity index (χ2v) is 16.4. The molecule has 0 aliphatic rings. The molecular weight excluding hydrogens is 855 g/mol. The maximum absolute atomic E-state index is 12.4. The predicted molar refractivity (Wildman–Crippen MR) is 222 cm³/mol. The zero-order valence-electron chi connectivity index (χ0n) is 36.4. The Bertz CT molecular complexity index is 1690. The molecule has 0 saturated carbocycles. The fraction of sp³-hybridized carbons (Fsp3) is 0.744. The molecule has 358 valence electrons. The van der Waals surface area contributed by atoms with Crippen molar-refractivity contribution < 1.29 is 76.4 Å². The van der Waals surface area contributed by atoms with Crippen LogP contribution in [-0.2, 0) is 69.1 Å². The molecule has 3 amide bonds. The smallest absolute Gasteiger partial charge is 0.326 e. The van der Waals surface area contributed by atoms with Crippen molar-refractivity contribution in [3.63, 3.8) is 0 Å². The Morgan fingerprint density at radius 1 is 0.698 bits per heavy atom. The first-order valence-corrected chi connectivity index (χ1v) is 22.6. The van der Waals surface area contributed by atoms with Gasteiger partial charge in [0.05, 0.1) is 37.4 Å². The number of aliphatic carboxylic acids is 3. The highest BCUT2D eigenvalue weighted by atomic mass is 32.2. The third kappa shape index (κ3) is 32.2. The maximum atomic E-state index is 12.4. The lowest BCUT2D eigenvalue weighted by molar-refractivity contribution is -0.145. The molecule has 0 aromatic carbocycles. The minimum atomic E-state index is -4.05. The Balaban J connectivity index is 0.00000216. The summed E-state index contributed by atoms with van der Waals surface area (Å²) in [6, 6.07) is -1.49. The first kappa shape index (κ1) is 57.8. The number of carboxylic acid groups (broad SMARTS) is 3. The number of aromatic nitrogens is 4. The van der Waals surface area contributed by atoms with Crippen molar-refractivity contribution in [1.82, 2.24) is 36.0 Å². The van der Waals surface area contributed by atoms with E-state index in [0.717, 1.165) is 25.7 Å². The second kappa shape index (κ2) is 34.3. The van der Waals surface area contributed by atoms with Crippen molar-refractivity contribution in [3.8, 4) is 0 Å². The van der Waals surface area contributed by atoms with Gasteiger partial charge in [-0.3, -0.25) is 43.1 Å². The minimum absolute atomic E-state index is 0.0164. The summed E-state index contributed by atoms with van der Waals surface area (Å²) in [5.74, 6) is -7.43. The third-order valence-corrected chi connectivity index (χ3v) is 10.5. The molecule has 23 nitrogen and oxygen atoms in total. The molecule has 7 N–H and O–H groups in total. The van der Waals surface area contributed by atoms with Crippen LogP contribution in [0.15, 0.2) is 0 Å². The maximum Gasteiger partial charge on any atom is 0.326 e. The number of ether oxygens (including phenoxy) is 2. The highest BCUT2D eigenvalue weighted by Crippen LogP contribution is 2.16. The molecule has 1 rings (SSSR count). The minimum Gasteiger partial charge on any atom is -0.481 e. The van der Waals surface area contributed by atoms with Crippen LogP contribution in [-0.4, -0.2) is 142 Å². The number of carbonyl (C=O) groups is 9. The monoisotopic (exact) mass is 919 g/mol. The largest absolute Gasteiger partial charge is 0.481 e. The molecule has 1 heterocycles. The van der Waals surface area contributed by atoms with Crippen LogP contribution < -0.4 is 15.4 Å². The predicted octanol–water partition coefficient (Wildman–Crippen LogP) is 1.30. The van der Waals surface area contributed by atoms with Gasteiger partial charge < -0.3 is 35.4 Å². The van der Waals surface area contributed by atoms with Gasteiger partial charge in [0.1, 0.15) is 24.2 Å². The number of carbonyl (C=O) groups excluding carboxylic acids is 6. The summed E-state index contributed by atoms with van der Waals surface area (Å²) in [7, 11) is -4.05. The molecule has 0 aliphatic carbocycles. The van der Waals surface area contributed by atoms with Crippen LogP contribution >= 0.6 is 0 Å². The lowest BCUT2D eigenvalue weighted by Gasteiger charge is -2.15. The number of hydrogen-bond acceptors (Lipinski definition) is 16. The van der Waals surface area contributed by atoms with E-state index in [1.165, 1.54) is 6.92 Å². The van der Waals surface area contributed by atoms with Gasteiger partial charge in [0.2, 0.25) is 27.7 Å². The van der Waals surface area contributed by atoms with Gasteiger partial charge in [-0.25, -0.2) is 13.2 Å². The van der Waals surface area contributed by atoms with Crippen LogP contribution in [0.1, 0.15) is 129 Å². The second-order valence-electron chi connectivity index (χ2n) is 14.6. The number of hydrogen-bond donors (Lipinski definition) is 7. The molecule has 3 unspecified atom stereocenters. The number of aryl methyl sites for hydroxylation is 1. The molecule has 0 aliphatic heterocycles. The molecule has 0 fully saturated rings. The molecule has 1 aromatic heterocycles. The average Bonchev–Trinajstić information content (AvgIpc) is 3.73. The van der Waals surface area contributed by atoms with Gasteiger partial charge in [-0.15, -0.1) is 10.2 Å². The highest BCUT2D eigenvalue weighted by Gasteiger charge is 2.26. The zero-order valence-corrected chi connectivity index (χ0v) is 37.2. The standard InChI is InChI=1S/C27H43N7O13S.C12H22O3/c1-18(35)17-47-14-13-46-12-11-28-23(37)10-7-19(26(40)41)16-20(36)8-9-21(27(42)43)29-24(38)6-3-15-48(44,45)32-25(39)5-2-4-22-30-33-34-31-22;1-3-10(12(14)15)8-6-5-7-9-11(13)4-2/h19,21H,2-17H2,1H3,(H,28,37)(H,29,38)(H,32,39)(H,40,41)(H,42,43)(H,30,31,33,34);10H,3-9H2,1-2H3,(H,14,15). The van der Waals surface area contributed by atoms with Crippen molar-refractivity contribution in [3.05, 3.63) is 5.82 Å². The molecule has 0 spiro atoms. The van der Waals surface area contributed by atoms with E-state index >= 15 is 0 Å². The van der Waals surface area contributed by atoms with Gasteiger partial charge in [-0.05, 0) is 51.9 Å². The number of rotatable bonds is 37. The quantitative estimate of drug-likeness (QED) is 0.0462. The molecule has 24 heteroatoms. The van der Waals surface area contributed by atoms with E-state index in [4.69, 9.17) is 14.6 Å². The number of H-pyrrole nitrogens is 1. The number of nitrogens with zero attached hydrogens (tertiary/aromatic N) is 3. The fourth-order valence-corrected chi connectivity index (χ4v) is 6.65. The third-order valence-electron chi connectivity index (χ3n) is 9.16. The molecule has 3 atom stereocenters. The molecule has 1 aromatic rings. The summed E-state index contributed by atoms with van der Waals surface area (Å²) in [5.41, 5.74) is 0. The van der Waals surface area contributed by atoms with Crippen molar-refractivity contribution in [2.45, 2.75) is 136 Å². The molecule has 0 bridgehead atoms. The van der Waals surface area contributed by atoms with Gasteiger partial charge in [0.25, 0.3) is 0 Å². The molecular formula is C39H65N7O16S. The number of amides is 3. The molecule has 0 radical (unpaired) electrons. The average molecular weight is 920 g/mol. The summed E-state index contributed by atoms with van der Waals surface area (Å²) in [6.45, 7) is 5.90. The van der Waals surface area contributed by atoms with E-state index < -0.39 is 75.6 Å². The van der Waals surface area contributed by atoms with Gasteiger partial charge in [-0.2, -0.15) is 5.21 Å². The number of sulfonamides is 1. The summed E-state index contributed by atoms with van der Waals surface area (Å²) < 4.78 is 36.4. The van der Waals surface area contributed by atoms with Crippen LogP contribution in [0.3, 0.4) is 0 Å². The van der Waals surface area contributed by atoms with Crippen molar-refractivity contribution >= 4 is 63.0 Å². The van der Waals surface area contributed by atoms with Crippen LogP contribution in [0.5, 0.6) is 0 Å². The van der Waals surface area contributed by atoms with Crippen LogP contribution in [0, 0.1) is 11.8 Å². The van der Waals surface area contributed by atoms with E-state index in [0.29, 0.717) is 37.3 Å². The number of ketones is 3. The number of nitrogens with one attached hydrogen (secondary N) is 4. The highest BCUT2D eigenvalue weighted by molar-refractivity contribution is 7.90. The lowest BCUT2D eigenvalue weighted by Crippen LogP contribution is -2.41. The van der Waals surface area contributed by atoms with E-state index in [2.05, 4.69) is 31.3 Å². The van der Waals surface area contributed by atoms with Crippen molar-refractivity contribution in [2.24, 2.45) is 11.8 Å².